The molecule has 2 heterocycles. The minimum absolute atomic E-state index is 0.0675. The summed E-state index contributed by atoms with van der Waals surface area (Å²) in [7, 11) is 0. The van der Waals surface area contributed by atoms with E-state index < -0.39 is 6.04 Å². The van der Waals surface area contributed by atoms with E-state index in [2.05, 4.69) is 11.1 Å². The van der Waals surface area contributed by atoms with Crippen molar-refractivity contribution in [1.82, 2.24) is 14.8 Å². The zero-order chi connectivity index (χ0) is 16.9. The molecule has 1 aromatic carbocycles. The molecule has 0 N–H and O–H groups in total. The fraction of sp³-hybridized carbons (Fsp3) is 0.278. The number of aromatic nitrogens is 1. The summed E-state index contributed by atoms with van der Waals surface area (Å²) in [6.07, 6.45) is 3.17. The van der Waals surface area contributed by atoms with E-state index in [1.54, 1.807) is 47.6 Å². The first kappa shape index (κ1) is 16.1. The lowest BCUT2D eigenvalue weighted by molar-refractivity contribution is 0.0604. The molecule has 2 aromatic rings. The van der Waals surface area contributed by atoms with Crippen LogP contribution in [0.15, 0.2) is 48.8 Å². The molecule has 1 unspecified atom stereocenters. The van der Waals surface area contributed by atoms with Gasteiger partial charge in [0.25, 0.3) is 5.91 Å². The molecule has 24 heavy (non-hydrogen) atoms. The third kappa shape index (κ3) is 3.26. The molecule has 0 spiro atoms. The Kier molecular flexibility index (Phi) is 4.82. The molecule has 0 bridgehead atoms. The number of hydrogen-bond acceptors (Lipinski definition) is 4. The van der Waals surface area contributed by atoms with E-state index in [0.29, 0.717) is 37.3 Å². The van der Waals surface area contributed by atoms with Gasteiger partial charge in [-0.3, -0.25) is 14.7 Å². The number of piperazine rings is 1. The van der Waals surface area contributed by atoms with E-state index in [4.69, 9.17) is 0 Å². The molecule has 1 aliphatic heterocycles. The Hall–Kier alpha value is -2.78. The Morgan fingerprint density at radius 1 is 1.17 bits per heavy atom. The van der Waals surface area contributed by atoms with Crippen LogP contribution >= 0.6 is 0 Å². The number of nitrogens with zero attached hydrogens (tertiary/aromatic N) is 4. The van der Waals surface area contributed by atoms with Crippen molar-refractivity contribution >= 4 is 5.91 Å². The highest BCUT2D eigenvalue weighted by Gasteiger charge is 2.28. The first-order valence-corrected chi connectivity index (χ1v) is 7.78. The first-order chi connectivity index (χ1) is 11.7. The highest BCUT2D eigenvalue weighted by molar-refractivity contribution is 5.93. The zero-order valence-corrected chi connectivity index (χ0v) is 13.1. The van der Waals surface area contributed by atoms with Crippen molar-refractivity contribution in [3.8, 4) is 6.07 Å². The molecule has 0 aliphatic carbocycles. The number of benzene rings is 1. The number of nitriles is 1. The number of carbonyl (C=O) groups excluding carboxylic acids is 1. The highest BCUT2D eigenvalue weighted by Crippen LogP contribution is 2.24. The van der Waals surface area contributed by atoms with E-state index >= 15 is 0 Å². The van der Waals surface area contributed by atoms with Gasteiger partial charge >= 0.3 is 0 Å². The predicted molar refractivity (Wildman–Crippen MR) is 86.5 cm³/mol. The quantitative estimate of drug-likeness (QED) is 0.869. The van der Waals surface area contributed by atoms with Crippen molar-refractivity contribution < 1.29 is 9.18 Å². The summed E-state index contributed by atoms with van der Waals surface area (Å²) >= 11 is 0. The lowest BCUT2D eigenvalue weighted by atomic mass is 10.0. The molecular formula is C18H17FN4O. The van der Waals surface area contributed by atoms with Gasteiger partial charge in [-0.05, 0) is 18.2 Å². The summed E-state index contributed by atoms with van der Waals surface area (Å²) in [5, 5.41) is 9.46. The van der Waals surface area contributed by atoms with Crippen molar-refractivity contribution in [2.45, 2.75) is 6.04 Å². The van der Waals surface area contributed by atoms with Gasteiger partial charge in [-0.1, -0.05) is 18.2 Å². The minimum Gasteiger partial charge on any atom is -0.336 e. The van der Waals surface area contributed by atoms with E-state index in [1.165, 1.54) is 6.07 Å². The SMILES string of the molecule is N#CC(c1ccccc1F)N1CCN(C(=O)c2cccnc2)CC1. The second-order valence-electron chi connectivity index (χ2n) is 5.62. The van der Waals surface area contributed by atoms with Gasteiger partial charge in [0.1, 0.15) is 11.9 Å². The van der Waals surface area contributed by atoms with Gasteiger partial charge < -0.3 is 4.90 Å². The van der Waals surface area contributed by atoms with Gasteiger partial charge in [-0.15, -0.1) is 0 Å². The first-order valence-electron chi connectivity index (χ1n) is 7.78. The summed E-state index contributed by atoms with van der Waals surface area (Å²) < 4.78 is 14.0. The maximum atomic E-state index is 14.0. The number of hydrogen-bond donors (Lipinski definition) is 0. The molecule has 5 nitrogen and oxygen atoms in total. The van der Waals surface area contributed by atoms with Crippen LogP contribution in [0.2, 0.25) is 0 Å². The average molecular weight is 324 g/mol. The molecule has 122 valence electrons. The molecule has 1 aliphatic rings. The zero-order valence-electron chi connectivity index (χ0n) is 13.1. The van der Waals surface area contributed by atoms with Crippen LogP contribution in [0.25, 0.3) is 0 Å². The van der Waals surface area contributed by atoms with Gasteiger partial charge in [0.15, 0.2) is 0 Å². The Morgan fingerprint density at radius 2 is 1.92 bits per heavy atom. The molecule has 1 fully saturated rings. The largest absolute Gasteiger partial charge is 0.336 e. The summed E-state index contributed by atoms with van der Waals surface area (Å²) in [6, 6.07) is 11.3. The molecule has 1 saturated heterocycles. The molecule has 3 rings (SSSR count). The molecule has 1 atom stereocenters. The summed E-state index contributed by atoms with van der Waals surface area (Å²) in [4.78, 5) is 20.0. The Morgan fingerprint density at radius 3 is 2.54 bits per heavy atom. The third-order valence-electron chi connectivity index (χ3n) is 4.20. The van der Waals surface area contributed by atoms with E-state index in [9.17, 15) is 14.4 Å². The number of rotatable bonds is 3. The number of carbonyl (C=O) groups is 1. The van der Waals surface area contributed by atoms with Crippen molar-refractivity contribution in [3.05, 3.63) is 65.7 Å². The maximum absolute atomic E-state index is 14.0. The van der Waals surface area contributed by atoms with E-state index in [0.717, 1.165) is 0 Å². The van der Waals surface area contributed by atoms with Crippen LogP contribution in [0.3, 0.4) is 0 Å². The van der Waals surface area contributed by atoms with Gasteiger partial charge in [0.2, 0.25) is 0 Å². The molecule has 0 saturated carbocycles. The Balaban J connectivity index is 1.67. The van der Waals surface area contributed by atoms with Crippen molar-refractivity contribution in [1.29, 1.82) is 5.26 Å². The van der Waals surface area contributed by atoms with Crippen LogP contribution in [0.1, 0.15) is 22.0 Å². The van der Waals surface area contributed by atoms with Crippen LogP contribution in [-0.2, 0) is 0 Å². The molecule has 1 aromatic heterocycles. The average Bonchev–Trinajstić information content (AvgIpc) is 2.64. The normalized spacial score (nSPS) is 16.4. The minimum atomic E-state index is -0.637. The molecule has 1 amide bonds. The molecule has 0 radical (unpaired) electrons. The maximum Gasteiger partial charge on any atom is 0.255 e. The summed E-state index contributed by atoms with van der Waals surface area (Å²) in [6.45, 7) is 2.05. The number of pyridine rings is 1. The van der Waals surface area contributed by atoms with Crippen LogP contribution < -0.4 is 0 Å². The summed E-state index contributed by atoms with van der Waals surface area (Å²) in [5.74, 6) is -0.444. The van der Waals surface area contributed by atoms with Crippen molar-refractivity contribution in [2.75, 3.05) is 26.2 Å². The van der Waals surface area contributed by atoms with E-state index in [1.807, 2.05) is 4.90 Å². The second kappa shape index (κ2) is 7.20. The van der Waals surface area contributed by atoms with Gasteiger partial charge in [0, 0.05) is 44.1 Å². The number of halogens is 1. The standard InChI is InChI=1S/C18H17FN4O/c19-16-6-2-1-5-15(16)17(12-20)22-8-10-23(11-9-22)18(24)14-4-3-7-21-13-14/h1-7,13,17H,8-11H2. The van der Waals surface area contributed by atoms with E-state index in [-0.39, 0.29) is 11.7 Å². The second-order valence-corrected chi connectivity index (χ2v) is 5.62. The van der Waals surface area contributed by atoms with Crippen molar-refractivity contribution in [2.24, 2.45) is 0 Å². The smallest absolute Gasteiger partial charge is 0.255 e. The van der Waals surface area contributed by atoms with Gasteiger partial charge in [-0.2, -0.15) is 5.26 Å². The number of amides is 1. The highest BCUT2D eigenvalue weighted by atomic mass is 19.1. The topological polar surface area (TPSA) is 60.2 Å². The molecule has 6 heteroatoms. The summed E-state index contributed by atoms with van der Waals surface area (Å²) in [5.41, 5.74) is 0.934. The third-order valence-corrected chi connectivity index (χ3v) is 4.20. The Labute approximate surface area is 139 Å². The Bertz CT molecular complexity index is 751. The fourth-order valence-electron chi connectivity index (χ4n) is 2.90. The van der Waals surface area contributed by atoms with Crippen LogP contribution in [0, 0.1) is 17.1 Å². The lowest BCUT2D eigenvalue weighted by Gasteiger charge is -2.37. The van der Waals surface area contributed by atoms with Crippen LogP contribution in [-0.4, -0.2) is 46.9 Å². The van der Waals surface area contributed by atoms with Gasteiger partial charge in [0.05, 0.1) is 11.6 Å². The predicted octanol–water partition coefficient (Wildman–Crippen LogP) is 2.24. The molecular weight excluding hydrogens is 307 g/mol. The lowest BCUT2D eigenvalue weighted by Crippen LogP contribution is -2.49. The van der Waals surface area contributed by atoms with Crippen LogP contribution in [0.5, 0.6) is 0 Å². The monoisotopic (exact) mass is 324 g/mol. The van der Waals surface area contributed by atoms with Gasteiger partial charge in [-0.25, -0.2) is 4.39 Å². The fourth-order valence-corrected chi connectivity index (χ4v) is 2.90. The van der Waals surface area contributed by atoms with Crippen LogP contribution in [0.4, 0.5) is 4.39 Å². The van der Waals surface area contributed by atoms with Crippen molar-refractivity contribution in [3.63, 3.8) is 0 Å².